The van der Waals surface area contributed by atoms with E-state index in [2.05, 4.69) is 57.3 Å². The average Bonchev–Trinajstić information content (AvgIpc) is 3.17. The molecule has 6 nitrogen and oxygen atoms in total. The summed E-state index contributed by atoms with van der Waals surface area (Å²) in [7, 11) is 4.07. The van der Waals surface area contributed by atoms with Gasteiger partial charge in [-0.05, 0) is 37.6 Å². The molecule has 0 aliphatic carbocycles. The van der Waals surface area contributed by atoms with Crippen LogP contribution in [0.4, 0.5) is 5.69 Å². The molecule has 2 aliphatic heterocycles. The van der Waals surface area contributed by atoms with Crippen molar-refractivity contribution in [3.05, 3.63) is 29.3 Å². The minimum absolute atomic E-state index is 0. The molecule has 2 fully saturated rings. The summed E-state index contributed by atoms with van der Waals surface area (Å²) < 4.78 is 0. The monoisotopic (exact) mass is 548 g/mol. The van der Waals surface area contributed by atoms with Gasteiger partial charge < -0.3 is 20.4 Å². The summed E-state index contributed by atoms with van der Waals surface area (Å²) in [6.45, 7) is 12.1. The van der Waals surface area contributed by atoms with Gasteiger partial charge in [0.1, 0.15) is 0 Å². The lowest BCUT2D eigenvalue weighted by Gasteiger charge is -2.40. The first-order chi connectivity index (χ1) is 14.0. The predicted molar refractivity (Wildman–Crippen MR) is 140 cm³/mol. The Morgan fingerprint density at radius 3 is 2.57 bits per heavy atom. The molecule has 2 atom stereocenters. The first-order valence-corrected chi connectivity index (χ1v) is 11.2. The highest BCUT2D eigenvalue weighted by Gasteiger charge is 2.26. The van der Waals surface area contributed by atoms with Crippen LogP contribution in [-0.4, -0.2) is 87.8 Å². The molecule has 2 unspecified atom stereocenters. The lowest BCUT2D eigenvalue weighted by molar-refractivity contribution is 0.0900. The van der Waals surface area contributed by atoms with Crippen molar-refractivity contribution in [2.75, 3.05) is 64.8 Å². The maximum absolute atomic E-state index is 6.16. The third-order valence-corrected chi connectivity index (χ3v) is 6.42. The van der Waals surface area contributed by atoms with Crippen molar-refractivity contribution in [3.8, 4) is 0 Å². The zero-order chi connectivity index (χ0) is 20.8. The second-order valence-corrected chi connectivity index (χ2v) is 9.10. The number of likely N-dealkylation sites (N-methyl/N-ethyl adjacent to an activating group) is 1. The van der Waals surface area contributed by atoms with Crippen LogP contribution in [0.15, 0.2) is 29.3 Å². The summed E-state index contributed by atoms with van der Waals surface area (Å²) in [4.78, 5) is 11.9. The van der Waals surface area contributed by atoms with E-state index in [0.29, 0.717) is 18.0 Å². The first-order valence-electron chi connectivity index (χ1n) is 10.9. The highest BCUT2D eigenvalue weighted by atomic mass is 127. The summed E-state index contributed by atoms with van der Waals surface area (Å²) in [6, 6.07) is 9.03. The van der Waals surface area contributed by atoms with Gasteiger partial charge in [0.25, 0.3) is 0 Å². The number of benzene rings is 1. The number of hydrogen-bond donors (Lipinski definition) is 2. The van der Waals surface area contributed by atoms with Gasteiger partial charge >= 0.3 is 0 Å². The second-order valence-electron chi connectivity index (χ2n) is 8.66. The highest BCUT2D eigenvalue weighted by Crippen LogP contribution is 2.23. The van der Waals surface area contributed by atoms with Gasteiger partial charge in [-0.15, -0.1) is 24.0 Å². The summed E-state index contributed by atoms with van der Waals surface area (Å²) in [5, 5.41) is 8.01. The summed E-state index contributed by atoms with van der Waals surface area (Å²) in [5.74, 6) is 1.51. The van der Waals surface area contributed by atoms with Crippen LogP contribution in [0.2, 0.25) is 5.02 Å². The van der Waals surface area contributed by atoms with Gasteiger partial charge in [-0.3, -0.25) is 9.89 Å². The number of rotatable bonds is 6. The average molecular weight is 549 g/mol. The zero-order valence-electron chi connectivity index (χ0n) is 18.8. The summed E-state index contributed by atoms with van der Waals surface area (Å²) in [6.07, 6.45) is 1.10. The van der Waals surface area contributed by atoms with Crippen LogP contribution in [0.5, 0.6) is 0 Å². The molecule has 2 saturated heterocycles. The van der Waals surface area contributed by atoms with Crippen LogP contribution in [-0.2, 0) is 0 Å². The third-order valence-electron chi connectivity index (χ3n) is 6.18. The van der Waals surface area contributed by atoms with Crippen LogP contribution in [0.3, 0.4) is 0 Å². The van der Waals surface area contributed by atoms with Gasteiger partial charge in [-0.1, -0.05) is 31.5 Å². The molecule has 0 amide bonds. The maximum atomic E-state index is 6.16. The molecule has 2 aliphatic rings. The van der Waals surface area contributed by atoms with Crippen LogP contribution < -0.4 is 15.5 Å². The Balaban J connectivity index is 0.00000320. The molecule has 0 saturated carbocycles. The van der Waals surface area contributed by atoms with Crippen molar-refractivity contribution in [2.45, 2.75) is 32.4 Å². The van der Waals surface area contributed by atoms with Crippen molar-refractivity contribution >= 4 is 47.2 Å². The standard InChI is InChI=1S/C22H37ClN6.HI/c1-17(2)21(28-12-10-27(4)11-13-28)15-25-22(24-3)26-19-8-9-29(16-19)20-7-5-6-18(23)14-20;/h5-7,14,17,19,21H,8-13,15-16H2,1-4H3,(H2,24,25,26);1H. The van der Waals surface area contributed by atoms with Gasteiger partial charge in [-0.25, -0.2) is 0 Å². The number of guanidine groups is 1. The van der Waals surface area contributed by atoms with Crippen LogP contribution in [0.1, 0.15) is 20.3 Å². The van der Waals surface area contributed by atoms with E-state index in [1.165, 1.54) is 5.69 Å². The molecule has 0 aromatic heterocycles. The number of halogens is 2. The SMILES string of the molecule is CN=C(NCC(C(C)C)N1CCN(C)CC1)NC1CCN(c2cccc(Cl)c2)C1.I. The van der Waals surface area contributed by atoms with Crippen LogP contribution in [0.25, 0.3) is 0 Å². The smallest absolute Gasteiger partial charge is 0.191 e. The topological polar surface area (TPSA) is 46.1 Å². The zero-order valence-corrected chi connectivity index (χ0v) is 21.9. The molecule has 8 heteroatoms. The minimum atomic E-state index is 0. The van der Waals surface area contributed by atoms with Crippen LogP contribution >= 0.6 is 35.6 Å². The fourth-order valence-electron chi connectivity index (χ4n) is 4.31. The molecule has 0 radical (unpaired) electrons. The van der Waals surface area contributed by atoms with Gasteiger partial charge in [0.05, 0.1) is 0 Å². The fourth-order valence-corrected chi connectivity index (χ4v) is 4.50. The predicted octanol–water partition coefficient (Wildman–Crippen LogP) is 2.97. The van der Waals surface area contributed by atoms with Gasteiger partial charge in [0.2, 0.25) is 0 Å². The summed E-state index contributed by atoms with van der Waals surface area (Å²) >= 11 is 6.16. The highest BCUT2D eigenvalue weighted by molar-refractivity contribution is 14.0. The largest absolute Gasteiger partial charge is 0.369 e. The van der Waals surface area contributed by atoms with E-state index in [1.54, 1.807) is 0 Å². The number of nitrogens with zero attached hydrogens (tertiary/aromatic N) is 4. The van der Waals surface area contributed by atoms with Crippen molar-refractivity contribution in [2.24, 2.45) is 10.9 Å². The van der Waals surface area contributed by atoms with Gasteiger partial charge in [0, 0.05) is 75.7 Å². The molecule has 170 valence electrons. The number of aliphatic imine (C=N–C) groups is 1. The number of anilines is 1. The molecule has 2 heterocycles. The number of piperazine rings is 1. The molecule has 2 N–H and O–H groups in total. The van der Waals surface area contributed by atoms with Gasteiger partial charge in [-0.2, -0.15) is 0 Å². The van der Waals surface area contributed by atoms with E-state index < -0.39 is 0 Å². The lowest BCUT2D eigenvalue weighted by Crippen LogP contribution is -2.55. The van der Waals surface area contributed by atoms with Crippen molar-refractivity contribution in [1.29, 1.82) is 0 Å². The summed E-state index contributed by atoms with van der Waals surface area (Å²) in [5.41, 5.74) is 1.19. The Labute approximate surface area is 204 Å². The Morgan fingerprint density at radius 1 is 1.20 bits per heavy atom. The third kappa shape index (κ3) is 7.14. The molecule has 1 aromatic rings. The van der Waals surface area contributed by atoms with Crippen LogP contribution in [0, 0.1) is 5.92 Å². The van der Waals surface area contributed by atoms with E-state index in [0.717, 1.165) is 63.2 Å². The molecule has 30 heavy (non-hydrogen) atoms. The Hall–Kier alpha value is -0.770. The van der Waals surface area contributed by atoms with E-state index in [9.17, 15) is 0 Å². The van der Waals surface area contributed by atoms with Crippen molar-refractivity contribution < 1.29 is 0 Å². The minimum Gasteiger partial charge on any atom is -0.369 e. The first kappa shape index (κ1) is 25.5. The Bertz CT molecular complexity index is 677. The van der Waals surface area contributed by atoms with Crippen molar-refractivity contribution in [3.63, 3.8) is 0 Å². The number of nitrogens with one attached hydrogen (secondary N) is 2. The Kier molecular flexibility index (Phi) is 10.5. The van der Waals surface area contributed by atoms with E-state index in [1.807, 2.05) is 25.2 Å². The molecule has 0 spiro atoms. The van der Waals surface area contributed by atoms with Crippen molar-refractivity contribution in [1.82, 2.24) is 20.4 Å². The Morgan fingerprint density at radius 2 is 1.93 bits per heavy atom. The molecule has 3 rings (SSSR count). The second kappa shape index (κ2) is 12.3. The molecular weight excluding hydrogens is 511 g/mol. The van der Waals surface area contributed by atoms with Gasteiger partial charge in [0.15, 0.2) is 5.96 Å². The lowest BCUT2D eigenvalue weighted by atomic mass is 10.0. The molecule has 0 bridgehead atoms. The quantitative estimate of drug-likeness (QED) is 0.325. The van der Waals surface area contributed by atoms with E-state index in [-0.39, 0.29) is 24.0 Å². The molecular formula is C22H38ClIN6. The number of hydrogen-bond acceptors (Lipinski definition) is 4. The van der Waals surface area contributed by atoms with E-state index in [4.69, 9.17) is 11.6 Å². The van der Waals surface area contributed by atoms with E-state index >= 15 is 0 Å². The molecule has 1 aromatic carbocycles. The normalized spacial score (nSPS) is 22.1. The fraction of sp³-hybridized carbons (Fsp3) is 0.682. The maximum Gasteiger partial charge on any atom is 0.191 e.